The fraction of sp³-hybridized carbons (Fsp3) is 0.222. The number of ether oxygens (including phenoxy) is 2. The van der Waals surface area contributed by atoms with E-state index in [0.717, 1.165) is 22.6 Å². The van der Waals surface area contributed by atoms with Gasteiger partial charge in [0.1, 0.15) is 24.0 Å². The van der Waals surface area contributed by atoms with Gasteiger partial charge in [0, 0.05) is 43.1 Å². The topological polar surface area (TPSA) is 118 Å². The molecule has 2 aliphatic heterocycles. The van der Waals surface area contributed by atoms with Gasteiger partial charge in [-0.3, -0.25) is 15.0 Å². The third-order valence-corrected chi connectivity index (χ3v) is 6.66. The molecule has 0 unspecified atom stereocenters. The van der Waals surface area contributed by atoms with Crippen LogP contribution in [0.2, 0.25) is 0 Å². The summed E-state index contributed by atoms with van der Waals surface area (Å²) in [5.74, 6) is 1.24. The van der Waals surface area contributed by atoms with Crippen molar-refractivity contribution < 1.29 is 23.5 Å². The van der Waals surface area contributed by atoms with E-state index in [-0.39, 0.29) is 13.3 Å². The first kappa shape index (κ1) is 22.9. The number of furan rings is 1. The maximum atomic E-state index is 13.2. The number of amides is 3. The largest absolute Gasteiger partial charge is 0.497 e. The Hall–Kier alpha value is -4.57. The molecule has 2 aliphatic rings. The number of nitrogens with one attached hydrogen (secondary N) is 3. The summed E-state index contributed by atoms with van der Waals surface area (Å²) in [7, 11) is 1.60. The van der Waals surface area contributed by atoms with E-state index in [1.165, 1.54) is 0 Å². The number of aromatic nitrogens is 1. The smallest absolute Gasteiger partial charge is 0.322 e. The third-order valence-electron chi connectivity index (χ3n) is 6.66. The summed E-state index contributed by atoms with van der Waals surface area (Å²) in [6.07, 6.45) is 1.65. The van der Waals surface area contributed by atoms with Gasteiger partial charge in [0.2, 0.25) is 5.71 Å². The van der Waals surface area contributed by atoms with Gasteiger partial charge in [-0.2, -0.15) is 0 Å². The average molecular weight is 500 g/mol. The van der Waals surface area contributed by atoms with E-state index in [2.05, 4.69) is 20.9 Å². The van der Waals surface area contributed by atoms with Crippen LogP contribution in [0.3, 0.4) is 0 Å². The Labute approximate surface area is 212 Å². The van der Waals surface area contributed by atoms with E-state index in [1.807, 2.05) is 59.5 Å². The van der Waals surface area contributed by atoms with Crippen molar-refractivity contribution in [1.82, 2.24) is 20.5 Å². The standard InChI is InChI=1S/C27H25N5O5/c1-35-19-8-7-18-14-32(16-36-22(18)11-19)15-27(25(33)30-26(34)31-27)23-12-20-21(9-10-28-24(20)37-23)29-13-17-5-3-2-4-6-17/h2-12H,13-16H2,1H3,(H,28,29)(H2,30,31,33,34)/t27-/m0/s1. The molecule has 0 bridgehead atoms. The summed E-state index contributed by atoms with van der Waals surface area (Å²) in [5, 5.41) is 9.30. The second-order valence-corrected chi connectivity index (χ2v) is 9.07. The molecule has 4 aromatic rings. The highest BCUT2D eigenvalue weighted by Gasteiger charge is 2.52. The van der Waals surface area contributed by atoms with E-state index in [4.69, 9.17) is 13.9 Å². The number of carbonyl (C=O) groups excluding carboxylic acids is 2. The van der Waals surface area contributed by atoms with Crippen molar-refractivity contribution in [2.24, 2.45) is 0 Å². The number of benzene rings is 2. The molecule has 0 saturated carbocycles. The van der Waals surface area contributed by atoms with Crippen molar-refractivity contribution in [3.05, 3.63) is 83.7 Å². The molecule has 1 atom stereocenters. The van der Waals surface area contributed by atoms with E-state index >= 15 is 0 Å². The molecule has 1 fully saturated rings. The lowest BCUT2D eigenvalue weighted by atomic mass is 9.94. The minimum atomic E-state index is -1.44. The molecule has 10 heteroatoms. The minimum absolute atomic E-state index is 0.142. The van der Waals surface area contributed by atoms with E-state index < -0.39 is 17.5 Å². The average Bonchev–Trinajstić information content (AvgIpc) is 3.49. The predicted octanol–water partition coefficient (Wildman–Crippen LogP) is 3.34. The normalized spacial score (nSPS) is 19.2. The van der Waals surface area contributed by atoms with Crippen molar-refractivity contribution in [1.29, 1.82) is 0 Å². The molecule has 4 heterocycles. The Morgan fingerprint density at radius 2 is 2.00 bits per heavy atom. The number of methoxy groups -OCH3 is 1. The fourth-order valence-electron chi connectivity index (χ4n) is 4.76. The molecule has 188 valence electrons. The number of pyridine rings is 1. The summed E-state index contributed by atoms with van der Waals surface area (Å²) in [6, 6.07) is 18.7. The quantitative estimate of drug-likeness (QED) is 0.332. The van der Waals surface area contributed by atoms with Crippen LogP contribution in [0.15, 0.2) is 71.3 Å². The molecule has 0 radical (unpaired) electrons. The van der Waals surface area contributed by atoms with Crippen LogP contribution in [-0.2, 0) is 23.4 Å². The van der Waals surface area contributed by atoms with Gasteiger partial charge in [0.25, 0.3) is 5.91 Å². The second kappa shape index (κ2) is 9.14. The van der Waals surface area contributed by atoms with Gasteiger partial charge >= 0.3 is 6.03 Å². The van der Waals surface area contributed by atoms with E-state index in [1.54, 1.807) is 19.4 Å². The number of imide groups is 1. The monoisotopic (exact) mass is 499 g/mol. The predicted molar refractivity (Wildman–Crippen MR) is 135 cm³/mol. The van der Waals surface area contributed by atoms with Crippen molar-refractivity contribution in [2.75, 3.05) is 25.7 Å². The zero-order chi connectivity index (χ0) is 25.4. The number of rotatable bonds is 7. The van der Waals surface area contributed by atoms with Gasteiger partial charge in [-0.15, -0.1) is 0 Å². The molecule has 10 nitrogen and oxygen atoms in total. The van der Waals surface area contributed by atoms with Gasteiger partial charge in [-0.1, -0.05) is 36.4 Å². The van der Waals surface area contributed by atoms with Crippen LogP contribution in [0.25, 0.3) is 11.1 Å². The van der Waals surface area contributed by atoms with Gasteiger partial charge in [-0.25, -0.2) is 9.78 Å². The first-order chi connectivity index (χ1) is 18.0. The van der Waals surface area contributed by atoms with Gasteiger partial charge in [0.15, 0.2) is 5.54 Å². The summed E-state index contributed by atoms with van der Waals surface area (Å²) < 4.78 is 17.3. The van der Waals surface area contributed by atoms with Crippen LogP contribution in [0, 0.1) is 0 Å². The van der Waals surface area contributed by atoms with Crippen LogP contribution < -0.4 is 25.4 Å². The molecule has 1 saturated heterocycles. The SMILES string of the molecule is COc1ccc2c(c1)OCN(C[C@@]1(c3cc4c(NCc5ccccc5)ccnc4o3)NC(=O)NC1=O)C2. The number of nitrogens with zero attached hydrogens (tertiary/aromatic N) is 2. The Morgan fingerprint density at radius 1 is 1.14 bits per heavy atom. The first-order valence-corrected chi connectivity index (χ1v) is 11.9. The maximum absolute atomic E-state index is 13.2. The Bertz CT molecular complexity index is 1490. The van der Waals surface area contributed by atoms with Crippen LogP contribution in [0.5, 0.6) is 11.5 Å². The minimum Gasteiger partial charge on any atom is -0.497 e. The van der Waals surface area contributed by atoms with Gasteiger partial charge < -0.3 is 24.5 Å². The highest BCUT2D eigenvalue weighted by Crippen LogP contribution is 2.36. The molecule has 0 aliphatic carbocycles. The number of urea groups is 1. The van der Waals surface area contributed by atoms with Crippen molar-refractivity contribution >= 4 is 28.7 Å². The Morgan fingerprint density at radius 3 is 2.78 bits per heavy atom. The van der Waals surface area contributed by atoms with Crippen molar-refractivity contribution in [3.63, 3.8) is 0 Å². The zero-order valence-corrected chi connectivity index (χ0v) is 20.1. The lowest BCUT2D eigenvalue weighted by Crippen LogP contribution is -2.53. The molecule has 3 N–H and O–H groups in total. The zero-order valence-electron chi connectivity index (χ0n) is 20.1. The third kappa shape index (κ3) is 4.21. The highest BCUT2D eigenvalue weighted by molar-refractivity contribution is 6.08. The Balaban J connectivity index is 1.31. The molecular weight excluding hydrogens is 474 g/mol. The molecular formula is C27H25N5O5. The van der Waals surface area contributed by atoms with Crippen molar-refractivity contribution in [3.8, 4) is 11.5 Å². The van der Waals surface area contributed by atoms with Crippen LogP contribution in [-0.4, -0.2) is 42.2 Å². The number of fused-ring (bicyclic) bond motifs is 2. The maximum Gasteiger partial charge on any atom is 0.322 e. The summed E-state index contributed by atoms with van der Waals surface area (Å²) in [6.45, 7) is 1.50. The molecule has 2 aromatic heterocycles. The summed E-state index contributed by atoms with van der Waals surface area (Å²) >= 11 is 0. The van der Waals surface area contributed by atoms with Crippen LogP contribution in [0.4, 0.5) is 10.5 Å². The van der Waals surface area contributed by atoms with E-state index in [9.17, 15) is 9.59 Å². The van der Waals surface area contributed by atoms with Gasteiger partial charge in [-0.05, 0) is 23.8 Å². The van der Waals surface area contributed by atoms with Gasteiger partial charge in [0.05, 0.1) is 12.5 Å². The summed E-state index contributed by atoms with van der Waals surface area (Å²) in [4.78, 5) is 31.8. The molecule has 2 aromatic carbocycles. The van der Waals surface area contributed by atoms with Crippen LogP contribution in [0.1, 0.15) is 16.9 Å². The number of hydrogen-bond donors (Lipinski definition) is 3. The number of anilines is 1. The summed E-state index contributed by atoms with van der Waals surface area (Å²) in [5.41, 5.74) is 1.81. The highest BCUT2D eigenvalue weighted by atomic mass is 16.5. The number of carbonyl (C=O) groups is 2. The second-order valence-electron chi connectivity index (χ2n) is 9.07. The van der Waals surface area contributed by atoms with E-state index in [0.29, 0.717) is 35.7 Å². The Kier molecular flexibility index (Phi) is 5.65. The first-order valence-electron chi connectivity index (χ1n) is 11.9. The molecule has 3 amide bonds. The lowest BCUT2D eigenvalue weighted by Gasteiger charge is -2.34. The molecule has 37 heavy (non-hydrogen) atoms. The van der Waals surface area contributed by atoms with Crippen molar-refractivity contribution in [2.45, 2.75) is 18.6 Å². The molecule has 0 spiro atoms. The number of hydrogen-bond acceptors (Lipinski definition) is 8. The molecule has 6 rings (SSSR count). The lowest BCUT2D eigenvalue weighted by molar-refractivity contribution is -0.126. The van der Waals surface area contributed by atoms with Crippen LogP contribution >= 0.6 is 0 Å². The fourth-order valence-corrected chi connectivity index (χ4v) is 4.76.